The van der Waals surface area contributed by atoms with Crippen LogP contribution in [0.2, 0.25) is 5.02 Å². The van der Waals surface area contributed by atoms with E-state index in [2.05, 4.69) is 4.98 Å². The Hall–Kier alpha value is -3.58. The van der Waals surface area contributed by atoms with Gasteiger partial charge in [0, 0.05) is 24.2 Å². The number of ether oxygens (including phenoxy) is 1. The zero-order valence-electron chi connectivity index (χ0n) is 17.4. The Morgan fingerprint density at radius 1 is 1.22 bits per heavy atom. The fraction of sp³-hybridized carbons (Fsp3) is 0.208. The highest BCUT2D eigenvalue weighted by molar-refractivity contribution is 6.31. The average Bonchev–Trinajstić information content (AvgIpc) is 3.19. The Labute approximate surface area is 190 Å². The molecule has 1 atom stereocenters. The van der Waals surface area contributed by atoms with Gasteiger partial charge < -0.3 is 19.6 Å². The van der Waals surface area contributed by atoms with Crippen molar-refractivity contribution in [3.8, 4) is 11.5 Å². The van der Waals surface area contributed by atoms with Crippen molar-refractivity contribution >= 4 is 34.8 Å². The highest BCUT2D eigenvalue weighted by Crippen LogP contribution is 2.37. The van der Waals surface area contributed by atoms with Crippen molar-refractivity contribution in [2.75, 3.05) is 23.5 Å². The van der Waals surface area contributed by atoms with Gasteiger partial charge in [0.25, 0.3) is 0 Å². The topological polar surface area (TPSA) is 83.0 Å². The number of nitrogens with zero attached hydrogens (tertiary/aromatic N) is 3. The van der Waals surface area contributed by atoms with Gasteiger partial charge in [0.05, 0.1) is 36.6 Å². The predicted octanol–water partition coefficient (Wildman–Crippen LogP) is 4.04. The summed E-state index contributed by atoms with van der Waals surface area (Å²) in [5, 5.41) is 10.9. The van der Waals surface area contributed by atoms with E-state index in [1.807, 2.05) is 12.1 Å². The van der Waals surface area contributed by atoms with Crippen LogP contribution in [0.3, 0.4) is 0 Å². The summed E-state index contributed by atoms with van der Waals surface area (Å²) in [6.07, 6.45) is 1.69. The summed E-state index contributed by atoms with van der Waals surface area (Å²) in [5.41, 5.74) is 1.57. The van der Waals surface area contributed by atoms with Crippen LogP contribution in [0.1, 0.15) is 12.1 Å². The van der Waals surface area contributed by atoms with E-state index in [0.717, 1.165) is 0 Å². The van der Waals surface area contributed by atoms with Crippen molar-refractivity contribution in [1.29, 1.82) is 0 Å². The van der Waals surface area contributed by atoms with E-state index in [4.69, 9.17) is 16.3 Å². The van der Waals surface area contributed by atoms with Crippen LogP contribution in [0, 0.1) is 5.92 Å². The summed E-state index contributed by atoms with van der Waals surface area (Å²) in [4.78, 5) is 33.8. The number of hydrogen-bond acceptors (Lipinski definition) is 5. The minimum atomic E-state index is -0.602. The average molecular weight is 452 g/mol. The Morgan fingerprint density at radius 2 is 2.00 bits per heavy atom. The molecule has 1 fully saturated rings. The first-order valence-electron chi connectivity index (χ1n) is 10.1. The van der Waals surface area contributed by atoms with Crippen LogP contribution >= 0.6 is 11.6 Å². The summed E-state index contributed by atoms with van der Waals surface area (Å²) in [7, 11) is 1.52. The van der Waals surface area contributed by atoms with Crippen LogP contribution in [0.15, 0.2) is 66.9 Å². The molecule has 32 heavy (non-hydrogen) atoms. The Balaban J connectivity index is 1.64. The molecule has 7 nitrogen and oxygen atoms in total. The number of phenols is 1. The maximum atomic E-state index is 13.6. The molecule has 1 aliphatic rings. The summed E-state index contributed by atoms with van der Waals surface area (Å²) in [5.74, 6) is -0.584. The quantitative estimate of drug-likeness (QED) is 0.611. The van der Waals surface area contributed by atoms with Gasteiger partial charge in [0.2, 0.25) is 11.8 Å². The Bertz CT molecular complexity index is 1140. The van der Waals surface area contributed by atoms with E-state index in [0.29, 0.717) is 27.8 Å². The van der Waals surface area contributed by atoms with Gasteiger partial charge in [-0.25, -0.2) is 0 Å². The number of halogens is 1. The lowest BCUT2D eigenvalue weighted by molar-refractivity contribution is -0.124. The molecule has 0 aliphatic carbocycles. The zero-order chi connectivity index (χ0) is 22.7. The van der Waals surface area contributed by atoms with Gasteiger partial charge in [-0.3, -0.25) is 14.6 Å². The van der Waals surface area contributed by atoms with Crippen LogP contribution < -0.4 is 14.5 Å². The molecule has 2 aromatic carbocycles. The fourth-order valence-electron chi connectivity index (χ4n) is 3.83. The molecule has 4 rings (SSSR count). The number of aromatic nitrogens is 1. The summed E-state index contributed by atoms with van der Waals surface area (Å²) >= 11 is 6.13. The normalized spacial score (nSPS) is 15.6. The van der Waals surface area contributed by atoms with Crippen LogP contribution in [-0.4, -0.2) is 35.6 Å². The van der Waals surface area contributed by atoms with Crippen LogP contribution in [0.4, 0.5) is 11.4 Å². The number of hydrogen-bond donors (Lipinski definition) is 1. The van der Waals surface area contributed by atoms with Crippen LogP contribution in [-0.2, 0) is 16.1 Å². The second-order valence-corrected chi connectivity index (χ2v) is 7.89. The van der Waals surface area contributed by atoms with Crippen LogP contribution in [0.5, 0.6) is 11.5 Å². The minimum Gasteiger partial charge on any atom is -0.506 e. The molecule has 3 aromatic rings. The lowest BCUT2D eigenvalue weighted by Crippen LogP contribution is -2.37. The number of phenolic OH excluding ortho intramolecular Hbond substituents is 1. The van der Waals surface area contributed by atoms with Crippen molar-refractivity contribution in [3.63, 3.8) is 0 Å². The molecule has 1 unspecified atom stereocenters. The van der Waals surface area contributed by atoms with Crippen molar-refractivity contribution in [2.24, 2.45) is 5.92 Å². The molecule has 0 radical (unpaired) electrons. The number of para-hydroxylation sites is 2. The second kappa shape index (κ2) is 9.28. The predicted molar refractivity (Wildman–Crippen MR) is 122 cm³/mol. The van der Waals surface area contributed by atoms with Gasteiger partial charge in [-0.1, -0.05) is 29.8 Å². The molecule has 1 N–H and O–H groups in total. The Morgan fingerprint density at radius 3 is 2.72 bits per heavy atom. The first-order chi connectivity index (χ1) is 15.5. The molecular weight excluding hydrogens is 430 g/mol. The second-order valence-electron chi connectivity index (χ2n) is 7.46. The largest absolute Gasteiger partial charge is 0.506 e. The first kappa shape index (κ1) is 21.6. The lowest BCUT2D eigenvalue weighted by Gasteiger charge is -2.26. The van der Waals surface area contributed by atoms with E-state index in [9.17, 15) is 14.7 Å². The maximum Gasteiger partial charge on any atom is 0.232 e. The molecule has 0 spiro atoms. The molecule has 2 amide bonds. The summed E-state index contributed by atoms with van der Waals surface area (Å²) < 4.78 is 5.38. The minimum absolute atomic E-state index is 0.0190. The highest BCUT2D eigenvalue weighted by atomic mass is 35.5. The molecule has 0 bridgehead atoms. The van der Waals surface area contributed by atoms with Gasteiger partial charge in [-0.05, 0) is 42.5 Å². The number of carbonyl (C=O) groups is 2. The molecule has 8 heteroatoms. The van der Waals surface area contributed by atoms with Gasteiger partial charge in [-0.2, -0.15) is 0 Å². The van der Waals surface area contributed by atoms with Gasteiger partial charge in [0.15, 0.2) is 0 Å². The van der Waals surface area contributed by atoms with E-state index in [1.54, 1.807) is 48.7 Å². The summed E-state index contributed by atoms with van der Waals surface area (Å²) in [6, 6.07) is 17.1. The number of aromatic hydroxyl groups is 1. The molecule has 164 valence electrons. The number of benzene rings is 2. The number of methoxy groups -OCH3 is 1. The maximum absolute atomic E-state index is 13.6. The smallest absolute Gasteiger partial charge is 0.232 e. The van der Waals surface area contributed by atoms with Crippen molar-refractivity contribution < 1.29 is 19.4 Å². The highest BCUT2D eigenvalue weighted by Gasteiger charge is 2.39. The van der Waals surface area contributed by atoms with E-state index in [1.165, 1.54) is 23.0 Å². The van der Waals surface area contributed by atoms with Gasteiger partial charge in [0.1, 0.15) is 11.5 Å². The molecular formula is C24H22ClN3O4. The van der Waals surface area contributed by atoms with E-state index in [-0.39, 0.29) is 37.1 Å². The number of pyridine rings is 1. The van der Waals surface area contributed by atoms with Crippen molar-refractivity contribution in [1.82, 2.24) is 4.98 Å². The molecule has 1 aromatic heterocycles. The number of carbonyl (C=O) groups excluding carboxylic acids is 2. The van der Waals surface area contributed by atoms with Crippen molar-refractivity contribution in [2.45, 2.75) is 13.0 Å². The number of rotatable bonds is 6. The first-order valence-corrected chi connectivity index (χ1v) is 10.5. The van der Waals surface area contributed by atoms with Gasteiger partial charge >= 0.3 is 0 Å². The fourth-order valence-corrected chi connectivity index (χ4v) is 3.99. The number of amides is 2. The lowest BCUT2D eigenvalue weighted by atomic mass is 10.1. The third-order valence-corrected chi connectivity index (χ3v) is 5.63. The SMILES string of the molecule is COc1ccc(Cl)cc1N1CC(C(=O)N(Cc2ccccn2)c2ccccc2O)CC1=O. The third kappa shape index (κ3) is 4.38. The summed E-state index contributed by atoms with van der Waals surface area (Å²) in [6.45, 7) is 0.350. The zero-order valence-corrected chi connectivity index (χ0v) is 18.2. The van der Waals surface area contributed by atoms with E-state index >= 15 is 0 Å². The monoisotopic (exact) mass is 451 g/mol. The van der Waals surface area contributed by atoms with E-state index < -0.39 is 5.92 Å². The Kier molecular flexibility index (Phi) is 6.28. The molecule has 0 saturated carbocycles. The standard InChI is InChI=1S/C24H22ClN3O4/c1-32-22-10-9-17(25)13-20(22)27-14-16(12-23(27)30)24(31)28(15-18-6-4-5-11-26-18)19-7-2-3-8-21(19)29/h2-11,13,16,29H,12,14-15H2,1H3. The van der Waals surface area contributed by atoms with Crippen molar-refractivity contribution in [3.05, 3.63) is 77.6 Å². The number of anilines is 2. The van der Waals surface area contributed by atoms with Crippen LogP contribution in [0.25, 0.3) is 0 Å². The molecule has 2 heterocycles. The molecule has 1 aliphatic heterocycles. The molecule has 1 saturated heterocycles. The third-order valence-electron chi connectivity index (χ3n) is 5.39. The van der Waals surface area contributed by atoms with Gasteiger partial charge in [-0.15, -0.1) is 0 Å².